The lowest BCUT2D eigenvalue weighted by molar-refractivity contribution is -0.142. The van der Waals surface area contributed by atoms with Gasteiger partial charge in [-0.2, -0.15) is 0 Å². The van der Waals surface area contributed by atoms with Gasteiger partial charge >= 0.3 is 5.97 Å². The number of amides is 1. The van der Waals surface area contributed by atoms with Crippen molar-refractivity contribution in [2.45, 2.75) is 11.3 Å². The molecule has 9 heteroatoms. The maximum Gasteiger partial charge on any atom is 0.331 e. The van der Waals surface area contributed by atoms with Crippen LogP contribution in [-0.4, -0.2) is 41.1 Å². The van der Waals surface area contributed by atoms with Crippen molar-refractivity contribution in [2.24, 2.45) is 0 Å². The molecule has 0 spiro atoms. The molecule has 8 nitrogen and oxygen atoms in total. The quantitative estimate of drug-likeness (QED) is 0.330. The summed E-state index contributed by atoms with van der Waals surface area (Å²) in [7, 11) is -1.10. The molecule has 0 aliphatic heterocycles. The van der Waals surface area contributed by atoms with Gasteiger partial charge in [-0.1, -0.05) is 54.6 Å². The van der Waals surface area contributed by atoms with E-state index in [9.17, 15) is 18.0 Å². The van der Waals surface area contributed by atoms with E-state index in [1.54, 1.807) is 12.1 Å². The van der Waals surface area contributed by atoms with Crippen LogP contribution in [0.15, 0.2) is 83.8 Å². The Morgan fingerprint density at radius 2 is 1.69 bits per heavy atom. The molecule has 0 saturated carbocycles. The second-order valence-electron chi connectivity index (χ2n) is 7.43. The second-order valence-corrected chi connectivity index (χ2v) is 9.28. The molecule has 0 saturated heterocycles. The topological polar surface area (TPSA) is 111 Å². The number of sulfonamides is 1. The zero-order valence-corrected chi connectivity index (χ0v) is 20.2. The van der Waals surface area contributed by atoms with Crippen molar-refractivity contribution in [1.29, 1.82) is 0 Å². The summed E-state index contributed by atoms with van der Waals surface area (Å²) in [6.45, 7) is -0.467. The number of esters is 1. The minimum Gasteiger partial charge on any atom is -0.495 e. The first-order valence-electron chi connectivity index (χ1n) is 10.7. The molecule has 0 unspecified atom stereocenters. The Morgan fingerprint density at radius 1 is 0.971 bits per heavy atom. The van der Waals surface area contributed by atoms with Crippen LogP contribution >= 0.6 is 0 Å². The van der Waals surface area contributed by atoms with E-state index in [0.29, 0.717) is 17.7 Å². The molecule has 0 fully saturated rings. The summed E-state index contributed by atoms with van der Waals surface area (Å²) in [6.07, 6.45) is 3.16. The van der Waals surface area contributed by atoms with Crippen LogP contribution in [0.4, 0.5) is 5.69 Å². The Balaban J connectivity index is 1.59. The van der Waals surface area contributed by atoms with Gasteiger partial charge in [-0.05, 0) is 54.4 Å². The molecule has 0 aromatic heterocycles. The number of anilines is 1. The van der Waals surface area contributed by atoms with Crippen LogP contribution in [0, 0.1) is 0 Å². The number of nitrogens with one attached hydrogen (secondary N) is 2. The van der Waals surface area contributed by atoms with Crippen molar-refractivity contribution in [3.8, 4) is 5.75 Å². The first kappa shape index (κ1) is 25.7. The molecule has 3 aromatic rings. The smallest absolute Gasteiger partial charge is 0.331 e. The van der Waals surface area contributed by atoms with Crippen LogP contribution < -0.4 is 14.8 Å². The lowest BCUT2D eigenvalue weighted by Gasteiger charge is -2.11. The highest BCUT2D eigenvalue weighted by Gasteiger charge is 2.18. The van der Waals surface area contributed by atoms with Crippen molar-refractivity contribution in [3.05, 3.63) is 95.6 Å². The molecule has 0 heterocycles. The predicted octanol–water partition coefficient (Wildman–Crippen LogP) is 3.39. The maximum absolute atomic E-state index is 12.4. The van der Waals surface area contributed by atoms with Crippen LogP contribution in [0.1, 0.15) is 16.7 Å². The summed E-state index contributed by atoms with van der Waals surface area (Å²) >= 11 is 0. The van der Waals surface area contributed by atoms with Gasteiger partial charge in [-0.3, -0.25) is 4.79 Å². The van der Waals surface area contributed by atoms with E-state index in [4.69, 9.17) is 9.47 Å². The summed E-state index contributed by atoms with van der Waals surface area (Å²) in [4.78, 5) is 24.4. The van der Waals surface area contributed by atoms with Gasteiger partial charge in [-0.25, -0.2) is 17.9 Å². The van der Waals surface area contributed by atoms with E-state index in [1.165, 1.54) is 32.4 Å². The van der Waals surface area contributed by atoms with Crippen molar-refractivity contribution < 1.29 is 27.5 Å². The summed E-state index contributed by atoms with van der Waals surface area (Å²) in [6, 6.07) is 21.7. The van der Waals surface area contributed by atoms with E-state index in [1.807, 2.05) is 48.5 Å². The van der Waals surface area contributed by atoms with E-state index < -0.39 is 28.5 Å². The summed E-state index contributed by atoms with van der Waals surface area (Å²) in [5, 5.41) is 2.78. The highest BCUT2D eigenvalue weighted by Crippen LogP contribution is 2.25. The fourth-order valence-corrected chi connectivity index (χ4v) is 4.19. The first-order chi connectivity index (χ1) is 16.8. The third-order valence-corrected chi connectivity index (χ3v) is 6.47. The Labute approximate surface area is 204 Å². The summed E-state index contributed by atoms with van der Waals surface area (Å²) < 4.78 is 36.7. The highest BCUT2D eigenvalue weighted by molar-refractivity contribution is 7.89. The molecular weight excluding hydrogens is 468 g/mol. The third kappa shape index (κ3) is 7.26. The van der Waals surface area contributed by atoms with Crippen LogP contribution in [-0.2, 0) is 30.8 Å². The standard InChI is InChI=1S/C26H26N2O6S/c1-27-35(31,32)24-17-20(12-14-23(24)33-2)13-15-26(30)34-18-25(29)28-22-11-7-6-10-21(22)16-19-8-4-3-5-9-19/h3-15,17,27H,16,18H2,1-2H3,(H,28,29)/b15-13+. The van der Waals surface area contributed by atoms with Crippen LogP contribution in [0.3, 0.4) is 0 Å². The van der Waals surface area contributed by atoms with Crippen molar-refractivity contribution in [2.75, 3.05) is 26.1 Å². The molecule has 1 amide bonds. The molecule has 0 bridgehead atoms. The normalized spacial score (nSPS) is 11.3. The third-order valence-electron chi connectivity index (χ3n) is 5.03. The minimum atomic E-state index is -3.75. The predicted molar refractivity (Wildman–Crippen MR) is 134 cm³/mol. The number of rotatable bonds is 10. The number of para-hydroxylation sites is 1. The van der Waals surface area contributed by atoms with Gasteiger partial charge in [0, 0.05) is 11.8 Å². The maximum atomic E-state index is 12.4. The zero-order valence-electron chi connectivity index (χ0n) is 19.4. The molecule has 3 rings (SSSR count). The van der Waals surface area contributed by atoms with Gasteiger partial charge in [-0.15, -0.1) is 0 Å². The van der Waals surface area contributed by atoms with Crippen molar-refractivity contribution in [1.82, 2.24) is 4.72 Å². The number of hydrogen-bond acceptors (Lipinski definition) is 6. The fraction of sp³-hybridized carbons (Fsp3) is 0.154. The SMILES string of the molecule is CNS(=O)(=O)c1cc(/C=C/C(=O)OCC(=O)Nc2ccccc2Cc2ccccc2)ccc1OC. The van der Waals surface area contributed by atoms with Crippen LogP contribution in [0.5, 0.6) is 5.75 Å². The fourth-order valence-electron chi connectivity index (χ4n) is 3.26. The lowest BCUT2D eigenvalue weighted by atomic mass is 10.0. The lowest BCUT2D eigenvalue weighted by Crippen LogP contribution is -2.21. The second kappa shape index (κ2) is 12.0. The van der Waals surface area contributed by atoms with Crippen LogP contribution in [0.25, 0.3) is 6.08 Å². The Hall–Kier alpha value is -3.95. The molecule has 0 aliphatic carbocycles. The van der Waals surface area contributed by atoms with E-state index in [2.05, 4.69) is 10.0 Å². The van der Waals surface area contributed by atoms with E-state index in [-0.39, 0.29) is 10.6 Å². The molecule has 182 valence electrons. The zero-order chi connectivity index (χ0) is 25.3. The monoisotopic (exact) mass is 494 g/mol. The number of carbonyl (C=O) groups excluding carboxylic acids is 2. The molecule has 3 aromatic carbocycles. The van der Waals surface area contributed by atoms with Crippen molar-refractivity contribution >= 4 is 33.7 Å². The summed E-state index contributed by atoms with van der Waals surface area (Å²) in [5.41, 5.74) is 3.13. The number of benzene rings is 3. The largest absolute Gasteiger partial charge is 0.495 e. The number of carbonyl (C=O) groups is 2. The molecule has 35 heavy (non-hydrogen) atoms. The number of hydrogen-bond donors (Lipinski definition) is 2. The van der Waals surface area contributed by atoms with Crippen LogP contribution in [0.2, 0.25) is 0 Å². The molecule has 0 radical (unpaired) electrons. The average molecular weight is 495 g/mol. The Kier molecular flexibility index (Phi) is 8.77. The molecule has 0 aliphatic rings. The summed E-state index contributed by atoms with van der Waals surface area (Å²) in [5.74, 6) is -1.05. The molecule has 0 atom stereocenters. The van der Waals surface area contributed by atoms with Gasteiger partial charge in [0.05, 0.1) is 7.11 Å². The van der Waals surface area contributed by atoms with E-state index in [0.717, 1.165) is 17.2 Å². The van der Waals surface area contributed by atoms with Gasteiger partial charge in [0.2, 0.25) is 10.0 Å². The number of ether oxygens (including phenoxy) is 2. The van der Waals surface area contributed by atoms with Crippen molar-refractivity contribution in [3.63, 3.8) is 0 Å². The van der Waals surface area contributed by atoms with Gasteiger partial charge in [0.15, 0.2) is 6.61 Å². The highest BCUT2D eigenvalue weighted by atomic mass is 32.2. The first-order valence-corrected chi connectivity index (χ1v) is 12.2. The Bertz CT molecular complexity index is 1320. The number of methoxy groups -OCH3 is 1. The minimum absolute atomic E-state index is 0.0634. The van der Waals surface area contributed by atoms with E-state index >= 15 is 0 Å². The Morgan fingerprint density at radius 3 is 2.40 bits per heavy atom. The van der Waals surface area contributed by atoms with Gasteiger partial charge < -0.3 is 14.8 Å². The van der Waals surface area contributed by atoms with Gasteiger partial charge in [0.1, 0.15) is 10.6 Å². The molecule has 2 N–H and O–H groups in total. The van der Waals surface area contributed by atoms with Gasteiger partial charge in [0.25, 0.3) is 5.91 Å². The molecular formula is C26H26N2O6S. The average Bonchev–Trinajstić information content (AvgIpc) is 2.87.